The van der Waals surface area contributed by atoms with Crippen molar-refractivity contribution >= 4 is 5.97 Å². The second-order valence-electron chi connectivity index (χ2n) is 5.16. The van der Waals surface area contributed by atoms with Crippen LogP contribution in [0.1, 0.15) is 61.9 Å². The van der Waals surface area contributed by atoms with E-state index in [2.05, 4.69) is 18.6 Å². The van der Waals surface area contributed by atoms with Crippen LogP contribution in [0.2, 0.25) is 0 Å². The minimum absolute atomic E-state index is 0.284. The third kappa shape index (κ3) is 6.20. The molecule has 0 N–H and O–H groups in total. The van der Waals surface area contributed by atoms with Crippen LogP contribution in [-0.2, 0) is 16.1 Å². The van der Waals surface area contributed by atoms with Crippen molar-refractivity contribution in [3.63, 3.8) is 0 Å². The summed E-state index contributed by atoms with van der Waals surface area (Å²) in [5.74, 6) is -0.304. The molecule has 1 rings (SSSR count). The number of carbonyl (C=O) groups excluding carboxylic acids is 1. The van der Waals surface area contributed by atoms with E-state index < -0.39 is 0 Å². The third-order valence-corrected chi connectivity index (χ3v) is 3.37. The monoisotopic (exact) mass is 278 g/mol. The Labute approximate surface area is 122 Å². The second-order valence-corrected chi connectivity index (χ2v) is 5.16. The van der Waals surface area contributed by atoms with Gasteiger partial charge in [-0.15, -0.1) is 0 Å². The highest BCUT2D eigenvalue weighted by Gasteiger charge is 2.06. The van der Waals surface area contributed by atoms with Gasteiger partial charge in [0.05, 0.1) is 25.4 Å². The van der Waals surface area contributed by atoms with Gasteiger partial charge in [0, 0.05) is 0 Å². The molecule has 1 unspecified atom stereocenters. The molecule has 3 heteroatoms. The molecule has 0 aromatic heterocycles. The highest BCUT2D eigenvalue weighted by molar-refractivity contribution is 5.89. The Morgan fingerprint density at radius 2 is 1.85 bits per heavy atom. The van der Waals surface area contributed by atoms with Crippen molar-refractivity contribution in [2.24, 2.45) is 0 Å². The highest BCUT2D eigenvalue weighted by Crippen LogP contribution is 2.12. The molecule has 0 aliphatic heterocycles. The van der Waals surface area contributed by atoms with Gasteiger partial charge in [-0.3, -0.25) is 0 Å². The van der Waals surface area contributed by atoms with E-state index in [-0.39, 0.29) is 12.1 Å². The number of carbonyl (C=O) groups is 1. The maximum atomic E-state index is 11.3. The lowest BCUT2D eigenvalue weighted by Crippen LogP contribution is -2.08. The third-order valence-electron chi connectivity index (χ3n) is 3.37. The average molecular weight is 278 g/mol. The zero-order valence-electron chi connectivity index (χ0n) is 12.9. The molecule has 0 saturated heterocycles. The molecule has 1 aromatic carbocycles. The van der Waals surface area contributed by atoms with Gasteiger partial charge in [0.25, 0.3) is 0 Å². The SMILES string of the molecule is CCCCCCC(C)OCc1ccc(C(=O)OC)cc1. The fourth-order valence-corrected chi connectivity index (χ4v) is 2.04. The van der Waals surface area contributed by atoms with Crippen molar-refractivity contribution in [1.29, 1.82) is 0 Å². The van der Waals surface area contributed by atoms with Gasteiger partial charge in [0.2, 0.25) is 0 Å². The molecular weight excluding hydrogens is 252 g/mol. The largest absolute Gasteiger partial charge is 0.465 e. The van der Waals surface area contributed by atoms with Crippen molar-refractivity contribution in [1.82, 2.24) is 0 Å². The predicted molar refractivity (Wildman–Crippen MR) is 80.8 cm³/mol. The molecule has 20 heavy (non-hydrogen) atoms. The van der Waals surface area contributed by atoms with Crippen molar-refractivity contribution in [3.8, 4) is 0 Å². The minimum Gasteiger partial charge on any atom is -0.465 e. The molecule has 0 aliphatic rings. The first kappa shape index (κ1) is 16.7. The molecule has 1 aromatic rings. The van der Waals surface area contributed by atoms with Crippen LogP contribution in [0, 0.1) is 0 Å². The number of methoxy groups -OCH3 is 1. The molecule has 0 aliphatic carbocycles. The van der Waals surface area contributed by atoms with Gasteiger partial charge in [-0.1, -0.05) is 44.7 Å². The smallest absolute Gasteiger partial charge is 0.337 e. The molecule has 112 valence electrons. The molecule has 0 fully saturated rings. The van der Waals surface area contributed by atoms with Gasteiger partial charge in [-0.25, -0.2) is 4.79 Å². The molecule has 3 nitrogen and oxygen atoms in total. The number of rotatable bonds is 9. The molecule has 0 amide bonds. The van der Waals surface area contributed by atoms with Gasteiger partial charge in [0.1, 0.15) is 0 Å². The lowest BCUT2D eigenvalue weighted by molar-refractivity contribution is 0.0458. The van der Waals surface area contributed by atoms with E-state index in [9.17, 15) is 4.79 Å². The summed E-state index contributed by atoms with van der Waals surface area (Å²) < 4.78 is 10.5. The lowest BCUT2D eigenvalue weighted by Gasteiger charge is -2.13. The number of ether oxygens (including phenoxy) is 2. The minimum atomic E-state index is -0.304. The van der Waals surface area contributed by atoms with E-state index in [1.807, 2.05) is 12.1 Å². The molecule has 0 saturated carbocycles. The molecule has 1 atom stereocenters. The summed E-state index contributed by atoms with van der Waals surface area (Å²) in [5, 5.41) is 0. The molecule has 0 radical (unpaired) electrons. The first-order valence-electron chi connectivity index (χ1n) is 7.46. The standard InChI is InChI=1S/C17H26O3/c1-4-5-6-7-8-14(2)20-13-15-9-11-16(12-10-15)17(18)19-3/h9-12,14H,4-8,13H2,1-3H3. The van der Waals surface area contributed by atoms with E-state index in [4.69, 9.17) is 4.74 Å². The maximum Gasteiger partial charge on any atom is 0.337 e. The van der Waals surface area contributed by atoms with Gasteiger partial charge in [-0.2, -0.15) is 0 Å². The van der Waals surface area contributed by atoms with Crippen molar-refractivity contribution in [2.75, 3.05) is 7.11 Å². The quantitative estimate of drug-likeness (QED) is 0.497. The van der Waals surface area contributed by atoms with Crippen molar-refractivity contribution in [2.45, 2.75) is 58.7 Å². The first-order valence-corrected chi connectivity index (χ1v) is 7.46. The summed E-state index contributed by atoms with van der Waals surface area (Å²) in [6.45, 7) is 4.93. The summed E-state index contributed by atoms with van der Waals surface area (Å²) >= 11 is 0. The molecule has 0 bridgehead atoms. The van der Waals surface area contributed by atoms with Gasteiger partial charge in [-0.05, 0) is 31.0 Å². The highest BCUT2D eigenvalue weighted by atomic mass is 16.5. The Morgan fingerprint density at radius 1 is 1.15 bits per heavy atom. The van der Waals surface area contributed by atoms with Crippen LogP contribution in [-0.4, -0.2) is 19.2 Å². The zero-order chi connectivity index (χ0) is 14.8. The Bertz CT molecular complexity index is 384. The predicted octanol–water partition coefficient (Wildman–Crippen LogP) is 4.35. The average Bonchev–Trinajstić information content (AvgIpc) is 2.49. The van der Waals surface area contributed by atoms with Gasteiger partial charge in [0.15, 0.2) is 0 Å². The molecule has 0 spiro atoms. The summed E-state index contributed by atoms with van der Waals surface area (Å²) in [5.41, 5.74) is 1.65. The van der Waals surface area contributed by atoms with Crippen LogP contribution < -0.4 is 0 Å². The van der Waals surface area contributed by atoms with Crippen LogP contribution in [0.5, 0.6) is 0 Å². The maximum absolute atomic E-state index is 11.3. The van der Waals surface area contributed by atoms with Crippen molar-refractivity contribution in [3.05, 3.63) is 35.4 Å². The van der Waals surface area contributed by atoms with E-state index >= 15 is 0 Å². The fraction of sp³-hybridized carbons (Fsp3) is 0.588. The number of hydrogen-bond donors (Lipinski definition) is 0. The van der Waals surface area contributed by atoms with Gasteiger partial charge >= 0.3 is 5.97 Å². The van der Waals surface area contributed by atoms with Gasteiger partial charge < -0.3 is 9.47 Å². The number of benzene rings is 1. The Hall–Kier alpha value is -1.35. The Kier molecular flexibility index (Phi) is 7.97. The lowest BCUT2D eigenvalue weighted by atomic mass is 10.1. The fourth-order valence-electron chi connectivity index (χ4n) is 2.04. The summed E-state index contributed by atoms with van der Waals surface area (Å²) in [6, 6.07) is 7.37. The van der Waals surface area contributed by atoms with Crippen LogP contribution in [0.15, 0.2) is 24.3 Å². The molecular formula is C17H26O3. The van der Waals surface area contributed by atoms with Crippen LogP contribution in [0.3, 0.4) is 0 Å². The first-order chi connectivity index (χ1) is 9.67. The number of hydrogen-bond acceptors (Lipinski definition) is 3. The summed E-state index contributed by atoms with van der Waals surface area (Å²) in [4.78, 5) is 11.3. The van der Waals surface area contributed by atoms with Crippen LogP contribution >= 0.6 is 0 Å². The van der Waals surface area contributed by atoms with Crippen LogP contribution in [0.25, 0.3) is 0 Å². The summed E-state index contributed by atoms with van der Waals surface area (Å²) in [7, 11) is 1.39. The zero-order valence-corrected chi connectivity index (χ0v) is 12.9. The van der Waals surface area contributed by atoms with E-state index in [0.29, 0.717) is 12.2 Å². The number of esters is 1. The number of unbranched alkanes of at least 4 members (excludes halogenated alkanes) is 3. The Balaban J connectivity index is 2.29. The second kappa shape index (κ2) is 9.54. The van der Waals surface area contributed by atoms with Crippen LogP contribution in [0.4, 0.5) is 0 Å². The topological polar surface area (TPSA) is 35.5 Å². The van der Waals surface area contributed by atoms with E-state index in [0.717, 1.165) is 12.0 Å². The normalized spacial score (nSPS) is 12.2. The van der Waals surface area contributed by atoms with E-state index in [1.165, 1.54) is 32.8 Å². The Morgan fingerprint density at radius 3 is 2.45 bits per heavy atom. The van der Waals surface area contributed by atoms with Crippen molar-refractivity contribution < 1.29 is 14.3 Å². The molecule has 0 heterocycles. The van der Waals surface area contributed by atoms with E-state index in [1.54, 1.807) is 12.1 Å². The summed E-state index contributed by atoms with van der Waals surface area (Å²) in [6.07, 6.45) is 6.49.